The number of hydrogen-bond donors (Lipinski definition) is 1. The molecule has 1 atom stereocenters. The van der Waals surface area contributed by atoms with Gasteiger partial charge in [0, 0.05) is 24.1 Å². The topological polar surface area (TPSA) is 84.9 Å². The summed E-state index contributed by atoms with van der Waals surface area (Å²) in [6.07, 6.45) is 2.97. The van der Waals surface area contributed by atoms with E-state index in [4.69, 9.17) is 9.47 Å². The molecule has 0 aromatic heterocycles. The molecule has 2 amide bonds. The second-order valence-electron chi connectivity index (χ2n) is 6.57. The van der Waals surface area contributed by atoms with Gasteiger partial charge in [0.1, 0.15) is 5.75 Å². The van der Waals surface area contributed by atoms with E-state index in [0.29, 0.717) is 17.1 Å². The van der Waals surface area contributed by atoms with Crippen molar-refractivity contribution in [1.29, 1.82) is 0 Å². The Bertz CT molecular complexity index is 954. The molecule has 0 saturated carbocycles. The average molecular weight is 394 g/mol. The molecule has 0 fully saturated rings. The molecule has 1 heterocycles. The summed E-state index contributed by atoms with van der Waals surface area (Å²) >= 11 is 0. The summed E-state index contributed by atoms with van der Waals surface area (Å²) in [6.45, 7) is 1.35. The SMILES string of the molecule is COc1ccccc1/C=C/C(=O)OCC(=O)N1c2ccccc2NC(=O)C[C@@H]1C. The van der Waals surface area contributed by atoms with Crippen molar-refractivity contribution in [2.24, 2.45) is 0 Å². The summed E-state index contributed by atoms with van der Waals surface area (Å²) in [5.74, 6) is -0.591. The highest BCUT2D eigenvalue weighted by molar-refractivity contribution is 6.05. The van der Waals surface area contributed by atoms with Crippen LogP contribution in [-0.2, 0) is 19.1 Å². The number of rotatable bonds is 5. The highest BCUT2D eigenvalue weighted by Crippen LogP contribution is 2.31. The van der Waals surface area contributed by atoms with Crippen LogP contribution in [0.5, 0.6) is 5.75 Å². The van der Waals surface area contributed by atoms with Crippen LogP contribution in [0.25, 0.3) is 6.08 Å². The van der Waals surface area contributed by atoms with Crippen molar-refractivity contribution in [2.45, 2.75) is 19.4 Å². The summed E-state index contributed by atoms with van der Waals surface area (Å²) in [7, 11) is 1.55. The number of fused-ring (bicyclic) bond motifs is 1. The fourth-order valence-electron chi connectivity index (χ4n) is 3.18. The minimum atomic E-state index is -0.644. The lowest BCUT2D eigenvalue weighted by atomic mass is 10.1. The molecule has 0 aliphatic carbocycles. The molecule has 2 aromatic rings. The summed E-state index contributed by atoms with van der Waals surface area (Å²) in [5, 5.41) is 2.79. The second-order valence-corrected chi connectivity index (χ2v) is 6.57. The first-order valence-electron chi connectivity index (χ1n) is 9.18. The van der Waals surface area contributed by atoms with Gasteiger partial charge in [0.05, 0.1) is 18.5 Å². The number of nitrogens with zero attached hydrogens (tertiary/aromatic N) is 1. The Morgan fingerprint density at radius 3 is 2.69 bits per heavy atom. The first kappa shape index (κ1) is 20.1. The van der Waals surface area contributed by atoms with Gasteiger partial charge in [-0.2, -0.15) is 0 Å². The van der Waals surface area contributed by atoms with Gasteiger partial charge in [0.25, 0.3) is 5.91 Å². The molecule has 1 N–H and O–H groups in total. The number of nitrogens with one attached hydrogen (secondary N) is 1. The van der Waals surface area contributed by atoms with Crippen molar-refractivity contribution in [1.82, 2.24) is 0 Å². The van der Waals surface area contributed by atoms with E-state index in [9.17, 15) is 14.4 Å². The van der Waals surface area contributed by atoms with Crippen molar-refractivity contribution in [3.63, 3.8) is 0 Å². The molecular formula is C22H22N2O5. The first-order valence-corrected chi connectivity index (χ1v) is 9.18. The summed E-state index contributed by atoms with van der Waals surface area (Å²) in [4.78, 5) is 38.3. The Labute approximate surface area is 168 Å². The Morgan fingerprint density at radius 2 is 1.90 bits per heavy atom. The fourth-order valence-corrected chi connectivity index (χ4v) is 3.18. The van der Waals surface area contributed by atoms with E-state index in [-0.39, 0.29) is 18.4 Å². The maximum Gasteiger partial charge on any atom is 0.331 e. The van der Waals surface area contributed by atoms with Crippen molar-refractivity contribution < 1.29 is 23.9 Å². The van der Waals surface area contributed by atoms with Gasteiger partial charge in [0.15, 0.2) is 6.61 Å². The van der Waals surface area contributed by atoms with Crippen molar-refractivity contribution >= 4 is 35.2 Å². The number of methoxy groups -OCH3 is 1. The molecular weight excluding hydrogens is 372 g/mol. The molecule has 0 radical (unpaired) electrons. The molecule has 1 aliphatic rings. The van der Waals surface area contributed by atoms with Crippen LogP contribution in [0.2, 0.25) is 0 Å². The van der Waals surface area contributed by atoms with Crippen molar-refractivity contribution in [3.05, 3.63) is 60.2 Å². The van der Waals surface area contributed by atoms with Crippen molar-refractivity contribution in [2.75, 3.05) is 23.9 Å². The number of benzene rings is 2. The Hall–Kier alpha value is -3.61. The standard InChI is InChI=1S/C22H22N2O5/c1-15-13-20(25)23-17-8-4-5-9-18(17)24(15)21(26)14-29-22(27)12-11-16-7-3-6-10-19(16)28-2/h3-12,15H,13-14H2,1-2H3,(H,23,25)/b12-11+/t15-/m0/s1. The van der Waals surface area contributed by atoms with Gasteiger partial charge in [0.2, 0.25) is 5.91 Å². The van der Waals surface area contributed by atoms with Crippen LogP contribution in [0.4, 0.5) is 11.4 Å². The number of anilines is 2. The second kappa shape index (κ2) is 9.05. The van der Waals surface area contributed by atoms with Crippen LogP contribution in [0.1, 0.15) is 18.9 Å². The lowest BCUT2D eigenvalue weighted by Gasteiger charge is -2.27. The Balaban J connectivity index is 1.67. The maximum absolute atomic E-state index is 12.8. The van der Waals surface area contributed by atoms with E-state index in [2.05, 4.69) is 5.32 Å². The van der Waals surface area contributed by atoms with E-state index in [0.717, 1.165) is 5.56 Å². The van der Waals surface area contributed by atoms with Gasteiger partial charge in [-0.15, -0.1) is 0 Å². The van der Waals surface area contributed by atoms with Crippen LogP contribution in [0.15, 0.2) is 54.6 Å². The Kier molecular flexibility index (Phi) is 6.29. The third-order valence-electron chi connectivity index (χ3n) is 4.50. The van der Waals surface area contributed by atoms with E-state index >= 15 is 0 Å². The molecule has 0 spiro atoms. The molecule has 150 valence electrons. The van der Waals surface area contributed by atoms with E-state index in [1.54, 1.807) is 56.5 Å². The van der Waals surface area contributed by atoms with Crippen LogP contribution in [0.3, 0.4) is 0 Å². The van der Waals surface area contributed by atoms with Crippen LogP contribution in [0, 0.1) is 0 Å². The minimum Gasteiger partial charge on any atom is -0.496 e. The summed E-state index contributed by atoms with van der Waals surface area (Å²) in [6, 6.07) is 13.9. The molecule has 7 heteroatoms. The summed E-state index contributed by atoms with van der Waals surface area (Å²) < 4.78 is 10.3. The molecule has 29 heavy (non-hydrogen) atoms. The normalized spacial score (nSPS) is 16.0. The monoisotopic (exact) mass is 394 g/mol. The maximum atomic E-state index is 12.8. The molecule has 0 unspecified atom stereocenters. The summed E-state index contributed by atoms with van der Waals surface area (Å²) in [5.41, 5.74) is 1.85. The minimum absolute atomic E-state index is 0.155. The van der Waals surface area contributed by atoms with Crippen LogP contribution in [-0.4, -0.2) is 37.5 Å². The molecule has 2 aromatic carbocycles. The Morgan fingerprint density at radius 1 is 1.17 bits per heavy atom. The van der Waals surface area contributed by atoms with Crippen molar-refractivity contribution in [3.8, 4) is 5.75 Å². The molecule has 1 aliphatic heterocycles. The van der Waals surface area contributed by atoms with Gasteiger partial charge < -0.3 is 19.7 Å². The predicted octanol–water partition coefficient (Wildman–Crippen LogP) is 3.02. The molecule has 0 saturated heterocycles. The zero-order valence-electron chi connectivity index (χ0n) is 16.3. The third kappa shape index (κ3) is 4.82. The number of amides is 2. The average Bonchev–Trinajstić information content (AvgIpc) is 2.84. The highest BCUT2D eigenvalue weighted by atomic mass is 16.5. The smallest absolute Gasteiger partial charge is 0.331 e. The molecule has 0 bridgehead atoms. The predicted molar refractivity (Wildman–Crippen MR) is 110 cm³/mol. The highest BCUT2D eigenvalue weighted by Gasteiger charge is 2.29. The number of para-hydroxylation sites is 3. The van der Waals surface area contributed by atoms with Gasteiger partial charge in [-0.1, -0.05) is 30.3 Å². The zero-order valence-corrected chi connectivity index (χ0v) is 16.3. The quantitative estimate of drug-likeness (QED) is 0.622. The number of hydrogen-bond acceptors (Lipinski definition) is 5. The first-order chi connectivity index (χ1) is 14.0. The van der Waals surface area contributed by atoms with Gasteiger partial charge in [-0.25, -0.2) is 4.79 Å². The van der Waals surface area contributed by atoms with E-state index < -0.39 is 18.5 Å². The molecule has 3 rings (SSSR count). The van der Waals surface area contributed by atoms with Crippen LogP contribution < -0.4 is 15.0 Å². The van der Waals surface area contributed by atoms with Gasteiger partial charge in [-0.05, 0) is 31.2 Å². The number of esters is 1. The van der Waals surface area contributed by atoms with E-state index in [1.807, 2.05) is 12.1 Å². The lowest BCUT2D eigenvalue weighted by molar-refractivity contribution is -0.143. The number of ether oxygens (including phenoxy) is 2. The largest absolute Gasteiger partial charge is 0.496 e. The number of carbonyl (C=O) groups is 3. The van der Waals surface area contributed by atoms with E-state index in [1.165, 1.54) is 11.0 Å². The fraction of sp³-hybridized carbons (Fsp3) is 0.227. The lowest BCUT2D eigenvalue weighted by Crippen LogP contribution is -2.41. The van der Waals surface area contributed by atoms with Gasteiger partial charge >= 0.3 is 5.97 Å². The number of carbonyl (C=O) groups excluding carboxylic acids is 3. The van der Waals surface area contributed by atoms with Crippen LogP contribution >= 0.6 is 0 Å². The van der Waals surface area contributed by atoms with Gasteiger partial charge in [-0.3, -0.25) is 9.59 Å². The zero-order chi connectivity index (χ0) is 20.8. The third-order valence-corrected chi connectivity index (χ3v) is 4.50. The molecule has 7 nitrogen and oxygen atoms in total.